The second kappa shape index (κ2) is 6.28. The van der Waals surface area contributed by atoms with Crippen LogP contribution in [0.5, 0.6) is 5.75 Å². The van der Waals surface area contributed by atoms with E-state index in [1.54, 1.807) is 0 Å². The van der Waals surface area contributed by atoms with E-state index in [1.807, 2.05) is 39.0 Å². The lowest BCUT2D eigenvalue weighted by Crippen LogP contribution is -2.67. The number of hydrogen-bond donors (Lipinski definition) is 2. The van der Waals surface area contributed by atoms with Gasteiger partial charge in [0.1, 0.15) is 5.75 Å². The van der Waals surface area contributed by atoms with Crippen molar-refractivity contribution in [3.63, 3.8) is 0 Å². The zero-order valence-electron chi connectivity index (χ0n) is 15.2. The summed E-state index contributed by atoms with van der Waals surface area (Å²) in [4.78, 5) is 12.4. The number of fused-ring (bicyclic) bond motifs is 1. The molecule has 0 unspecified atom stereocenters. The summed E-state index contributed by atoms with van der Waals surface area (Å²) in [5.74, 6) is 1.26. The first-order valence-corrected chi connectivity index (χ1v) is 8.75. The molecular weight excluding hydrogens is 304 g/mol. The van der Waals surface area contributed by atoms with Gasteiger partial charge in [0.25, 0.3) is 0 Å². The number of aryl methyl sites for hydroxylation is 1. The van der Waals surface area contributed by atoms with Crippen LogP contribution in [0.3, 0.4) is 0 Å². The van der Waals surface area contributed by atoms with Crippen LogP contribution >= 0.6 is 0 Å². The third kappa shape index (κ3) is 3.09. The Morgan fingerprint density at radius 2 is 2.12 bits per heavy atom. The number of benzene rings is 1. The first kappa shape index (κ1) is 17.1. The maximum Gasteiger partial charge on any atom is 0.319 e. The van der Waals surface area contributed by atoms with Gasteiger partial charge in [-0.25, -0.2) is 4.79 Å². The van der Waals surface area contributed by atoms with Gasteiger partial charge in [0.05, 0.1) is 12.2 Å². The van der Waals surface area contributed by atoms with Gasteiger partial charge < -0.3 is 20.1 Å². The number of urea groups is 1. The quantitative estimate of drug-likeness (QED) is 0.883. The van der Waals surface area contributed by atoms with Crippen molar-refractivity contribution in [2.24, 2.45) is 11.3 Å². The molecule has 5 nitrogen and oxygen atoms in total. The molecule has 3 rings (SSSR count). The minimum atomic E-state index is -0.154. The zero-order valence-corrected chi connectivity index (χ0v) is 15.2. The van der Waals surface area contributed by atoms with Crippen molar-refractivity contribution in [2.75, 3.05) is 11.9 Å². The van der Waals surface area contributed by atoms with Crippen LogP contribution in [-0.2, 0) is 4.74 Å². The topological polar surface area (TPSA) is 59.6 Å². The van der Waals surface area contributed by atoms with Crippen LogP contribution in [0.2, 0.25) is 0 Å². The maximum atomic E-state index is 12.4. The summed E-state index contributed by atoms with van der Waals surface area (Å²) in [6.45, 7) is 11.1. The Morgan fingerprint density at radius 3 is 2.79 bits per heavy atom. The van der Waals surface area contributed by atoms with E-state index in [4.69, 9.17) is 9.47 Å². The molecule has 1 aliphatic heterocycles. The Morgan fingerprint density at radius 1 is 1.38 bits per heavy atom. The molecule has 1 heterocycles. The Labute approximate surface area is 144 Å². The molecule has 0 bridgehead atoms. The summed E-state index contributed by atoms with van der Waals surface area (Å²) in [7, 11) is 0. The average molecular weight is 332 g/mol. The summed E-state index contributed by atoms with van der Waals surface area (Å²) < 4.78 is 11.5. The van der Waals surface area contributed by atoms with Crippen LogP contribution in [0.15, 0.2) is 18.2 Å². The van der Waals surface area contributed by atoms with Gasteiger partial charge in [-0.1, -0.05) is 13.8 Å². The number of hydrogen-bond acceptors (Lipinski definition) is 3. The van der Waals surface area contributed by atoms with Crippen molar-refractivity contribution < 1.29 is 14.3 Å². The van der Waals surface area contributed by atoms with Crippen molar-refractivity contribution in [2.45, 2.75) is 59.3 Å². The minimum absolute atomic E-state index is 0.0114. The van der Waals surface area contributed by atoms with Crippen LogP contribution in [0.4, 0.5) is 10.5 Å². The Bertz CT molecular complexity index is 627. The number of rotatable bonds is 4. The van der Waals surface area contributed by atoms with Gasteiger partial charge in [-0.3, -0.25) is 0 Å². The van der Waals surface area contributed by atoms with E-state index >= 15 is 0 Å². The predicted molar refractivity (Wildman–Crippen MR) is 94.5 cm³/mol. The fraction of sp³-hybridized carbons (Fsp3) is 0.632. The molecule has 1 saturated carbocycles. The summed E-state index contributed by atoms with van der Waals surface area (Å²) in [5, 5.41) is 6.10. The van der Waals surface area contributed by atoms with Gasteiger partial charge in [-0.05, 0) is 51.0 Å². The maximum absolute atomic E-state index is 12.4. The van der Waals surface area contributed by atoms with Crippen LogP contribution < -0.4 is 15.4 Å². The highest BCUT2D eigenvalue weighted by atomic mass is 16.5. The monoisotopic (exact) mass is 332 g/mol. The van der Waals surface area contributed by atoms with Gasteiger partial charge in [-0.15, -0.1) is 0 Å². The van der Waals surface area contributed by atoms with Gasteiger partial charge in [0, 0.05) is 29.7 Å². The largest absolute Gasteiger partial charge is 0.491 e. The van der Waals surface area contributed by atoms with E-state index < -0.39 is 0 Å². The van der Waals surface area contributed by atoms with Crippen molar-refractivity contribution in [3.05, 3.63) is 23.8 Å². The van der Waals surface area contributed by atoms with Crippen LogP contribution in [0, 0.1) is 18.3 Å². The Kier molecular flexibility index (Phi) is 4.47. The highest BCUT2D eigenvalue weighted by Crippen LogP contribution is 2.52. The van der Waals surface area contributed by atoms with Crippen molar-refractivity contribution >= 4 is 11.7 Å². The molecule has 3 atom stereocenters. The number of anilines is 1. The highest BCUT2D eigenvalue weighted by Gasteiger charge is 2.59. The molecule has 2 fully saturated rings. The molecule has 2 amide bonds. The summed E-state index contributed by atoms with van der Waals surface area (Å²) in [5.41, 5.74) is 1.78. The Hall–Kier alpha value is -1.75. The summed E-state index contributed by atoms with van der Waals surface area (Å²) >= 11 is 0. The second-order valence-corrected chi connectivity index (χ2v) is 7.78. The lowest BCUT2D eigenvalue weighted by Gasteiger charge is -2.54. The second-order valence-electron chi connectivity index (χ2n) is 7.78. The molecule has 132 valence electrons. The van der Waals surface area contributed by atoms with Crippen LogP contribution in [0.25, 0.3) is 0 Å². The molecule has 1 aliphatic carbocycles. The Balaban J connectivity index is 1.61. The molecule has 24 heavy (non-hydrogen) atoms. The number of carbonyl (C=O) groups excluding carboxylic acids is 1. The minimum Gasteiger partial charge on any atom is -0.491 e. The van der Waals surface area contributed by atoms with Gasteiger partial charge in [-0.2, -0.15) is 0 Å². The van der Waals surface area contributed by atoms with Crippen molar-refractivity contribution in [3.8, 4) is 5.75 Å². The predicted octanol–water partition coefficient (Wildman–Crippen LogP) is 3.72. The molecule has 5 heteroatoms. The average Bonchev–Trinajstić information content (AvgIpc) is 2.94. The molecule has 1 aromatic carbocycles. The lowest BCUT2D eigenvalue weighted by molar-refractivity contribution is -0.107. The van der Waals surface area contributed by atoms with Crippen molar-refractivity contribution in [1.82, 2.24) is 5.32 Å². The first-order chi connectivity index (χ1) is 11.3. The molecule has 0 radical (unpaired) electrons. The smallest absolute Gasteiger partial charge is 0.319 e. The fourth-order valence-corrected chi connectivity index (χ4v) is 4.04. The van der Waals surface area contributed by atoms with E-state index in [-0.39, 0.29) is 29.7 Å². The van der Waals surface area contributed by atoms with Crippen molar-refractivity contribution in [1.29, 1.82) is 0 Å². The standard InChI is InChI=1S/C19H28N2O3/c1-11(2)24-13-6-7-15(12(3)10-13)20-18(22)21-16-14-8-9-23-17(14)19(16,4)5/h6-7,10-11,14,16-17H,8-9H2,1-5H3,(H2,20,21,22)/t14-,16-,17-/m1/s1. The lowest BCUT2D eigenvalue weighted by atomic mass is 9.57. The third-order valence-corrected chi connectivity index (χ3v) is 5.20. The van der Waals surface area contributed by atoms with E-state index in [9.17, 15) is 4.79 Å². The van der Waals surface area contributed by atoms with Gasteiger partial charge >= 0.3 is 6.03 Å². The molecule has 0 aromatic heterocycles. The van der Waals surface area contributed by atoms with E-state index in [1.165, 1.54) is 0 Å². The molecule has 2 aliphatic rings. The molecule has 1 aromatic rings. The SMILES string of the molecule is Cc1cc(OC(C)C)ccc1NC(=O)N[C@@H]1[C@H]2CCO[C@H]2C1(C)C. The molecule has 0 spiro atoms. The van der Waals surface area contributed by atoms with E-state index in [0.717, 1.165) is 30.0 Å². The van der Waals surface area contributed by atoms with Gasteiger partial charge in [0.2, 0.25) is 0 Å². The highest BCUT2D eigenvalue weighted by molar-refractivity contribution is 5.90. The number of amides is 2. The zero-order chi connectivity index (χ0) is 17.5. The normalized spacial score (nSPS) is 27.3. The molecular formula is C19H28N2O3. The van der Waals surface area contributed by atoms with E-state index in [2.05, 4.69) is 24.5 Å². The first-order valence-electron chi connectivity index (χ1n) is 8.75. The fourth-order valence-electron chi connectivity index (χ4n) is 4.04. The number of ether oxygens (including phenoxy) is 2. The number of carbonyl (C=O) groups is 1. The number of nitrogens with one attached hydrogen (secondary N) is 2. The summed E-state index contributed by atoms with van der Waals surface area (Å²) in [6, 6.07) is 5.73. The summed E-state index contributed by atoms with van der Waals surface area (Å²) in [6.07, 6.45) is 1.44. The van der Waals surface area contributed by atoms with Crippen LogP contribution in [-0.4, -0.2) is 30.9 Å². The van der Waals surface area contributed by atoms with Crippen LogP contribution in [0.1, 0.15) is 39.7 Å². The molecule has 2 N–H and O–H groups in total. The third-order valence-electron chi connectivity index (χ3n) is 5.20. The molecule has 1 saturated heterocycles. The van der Waals surface area contributed by atoms with Gasteiger partial charge in [0.15, 0.2) is 0 Å². The van der Waals surface area contributed by atoms with E-state index in [0.29, 0.717) is 5.92 Å².